The summed E-state index contributed by atoms with van der Waals surface area (Å²) in [4.78, 5) is 25.9. The quantitative estimate of drug-likeness (QED) is 0.556. The van der Waals surface area contributed by atoms with Gasteiger partial charge in [-0.15, -0.1) is 0 Å². The number of benzene rings is 2. The van der Waals surface area contributed by atoms with Crippen molar-refractivity contribution in [2.24, 2.45) is 0 Å². The Labute approximate surface area is 208 Å². The molecule has 0 aliphatic carbocycles. The summed E-state index contributed by atoms with van der Waals surface area (Å²) in [6.07, 6.45) is -1.49. The van der Waals surface area contributed by atoms with Crippen LogP contribution in [0.4, 0.5) is 25.0 Å². The molecule has 2 aromatic carbocycles. The molecule has 4 rings (SSSR count). The van der Waals surface area contributed by atoms with Crippen molar-refractivity contribution in [2.75, 3.05) is 36.0 Å². The molecule has 0 saturated carbocycles. The maximum atomic E-state index is 15.0. The Kier molecular flexibility index (Phi) is 7.46. The number of cyclic esters (lactones) is 1. The monoisotopic (exact) mass is 523 g/mol. The molecular formula is C24H27F2N3O6S. The fraction of sp³-hybridized carbons (Fsp3) is 0.417. The number of nitrogens with one attached hydrogen (secondary N) is 1. The summed E-state index contributed by atoms with van der Waals surface area (Å²) >= 11 is 0. The summed E-state index contributed by atoms with van der Waals surface area (Å²) in [5, 5.41) is 2.54. The number of anilines is 2. The standard InChI is InChI=1S/C24H27F2N3O6S/c1-15-3-5-20(6-4-15)36(32,33)35-18-7-9-28(10-8-18)23-21(25)11-17(12-22(23)26)29-14-19(34-24(29)31)13-27-16(2)30/h3-6,11-12,18-19H,7-10,13-14H2,1-2H3,(H,27,30)/t19-/m0/s1. The molecule has 2 aliphatic rings. The molecular weight excluding hydrogens is 496 g/mol. The van der Waals surface area contributed by atoms with Crippen molar-refractivity contribution in [1.82, 2.24) is 5.32 Å². The second-order valence-corrected chi connectivity index (χ2v) is 10.4. The summed E-state index contributed by atoms with van der Waals surface area (Å²) < 4.78 is 65.6. The number of rotatable bonds is 7. The van der Waals surface area contributed by atoms with Crippen LogP contribution < -0.4 is 15.1 Å². The second-order valence-electron chi connectivity index (χ2n) is 8.86. The highest BCUT2D eigenvalue weighted by Gasteiger charge is 2.34. The van der Waals surface area contributed by atoms with Gasteiger partial charge in [0, 0.05) is 32.1 Å². The fourth-order valence-corrected chi connectivity index (χ4v) is 5.35. The van der Waals surface area contributed by atoms with Crippen LogP contribution >= 0.6 is 0 Å². The number of carbonyl (C=O) groups is 2. The normalized spacial score (nSPS) is 18.9. The van der Waals surface area contributed by atoms with Crippen LogP contribution in [0.15, 0.2) is 41.3 Å². The van der Waals surface area contributed by atoms with E-state index in [2.05, 4.69) is 5.32 Å². The predicted molar refractivity (Wildman–Crippen MR) is 127 cm³/mol. The molecule has 2 fully saturated rings. The van der Waals surface area contributed by atoms with Gasteiger partial charge in [-0.3, -0.25) is 13.9 Å². The molecule has 2 amide bonds. The number of piperidine rings is 1. The Hall–Kier alpha value is -3.25. The number of hydrogen-bond acceptors (Lipinski definition) is 7. The van der Waals surface area contributed by atoms with E-state index in [9.17, 15) is 18.0 Å². The molecule has 0 bridgehead atoms. The Morgan fingerprint density at radius 3 is 2.33 bits per heavy atom. The van der Waals surface area contributed by atoms with E-state index in [1.165, 1.54) is 24.0 Å². The number of halogens is 2. The third-order valence-corrected chi connectivity index (χ3v) is 7.47. The van der Waals surface area contributed by atoms with Gasteiger partial charge in [-0.2, -0.15) is 8.42 Å². The van der Waals surface area contributed by atoms with Crippen molar-refractivity contribution in [3.63, 3.8) is 0 Å². The van der Waals surface area contributed by atoms with E-state index >= 15 is 8.78 Å². The van der Waals surface area contributed by atoms with E-state index in [-0.39, 0.29) is 61.2 Å². The number of hydrogen-bond donors (Lipinski definition) is 1. The van der Waals surface area contributed by atoms with Gasteiger partial charge >= 0.3 is 6.09 Å². The maximum Gasteiger partial charge on any atom is 0.414 e. The smallest absolute Gasteiger partial charge is 0.414 e. The molecule has 2 heterocycles. The van der Waals surface area contributed by atoms with Gasteiger partial charge < -0.3 is 15.0 Å². The first kappa shape index (κ1) is 25.8. The molecule has 194 valence electrons. The highest BCUT2D eigenvalue weighted by atomic mass is 32.2. The van der Waals surface area contributed by atoms with Crippen LogP contribution in [0.1, 0.15) is 25.3 Å². The van der Waals surface area contributed by atoms with Gasteiger partial charge in [0.15, 0.2) is 11.6 Å². The summed E-state index contributed by atoms with van der Waals surface area (Å²) in [7, 11) is -3.95. The first-order valence-corrected chi connectivity index (χ1v) is 12.9. The highest BCUT2D eigenvalue weighted by Crippen LogP contribution is 2.33. The van der Waals surface area contributed by atoms with Crippen molar-refractivity contribution in [1.29, 1.82) is 0 Å². The number of aryl methyl sites for hydroxylation is 1. The molecule has 0 unspecified atom stereocenters. The third-order valence-electron chi connectivity index (χ3n) is 6.10. The molecule has 1 atom stereocenters. The molecule has 0 radical (unpaired) electrons. The molecule has 1 N–H and O–H groups in total. The summed E-state index contributed by atoms with van der Waals surface area (Å²) in [6, 6.07) is 8.43. The van der Waals surface area contributed by atoms with E-state index in [4.69, 9.17) is 8.92 Å². The van der Waals surface area contributed by atoms with E-state index in [1.54, 1.807) is 12.1 Å². The van der Waals surface area contributed by atoms with Crippen molar-refractivity contribution in [3.8, 4) is 0 Å². The molecule has 0 spiro atoms. The van der Waals surface area contributed by atoms with Crippen LogP contribution in [0.25, 0.3) is 0 Å². The van der Waals surface area contributed by atoms with E-state index in [0.717, 1.165) is 22.6 Å². The minimum atomic E-state index is -3.95. The summed E-state index contributed by atoms with van der Waals surface area (Å²) in [5.41, 5.74) is 0.677. The lowest BCUT2D eigenvalue weighted by atomic mass is 10.1. The molecule has 12 heteroatoms. The average Bonchev–Trinajstić information content (AvgIpc) is 3.19. The molecule has 36 heavy (non-hydrogen) atoms. The van der Waals surface area contributed by atoms with Gasteiger partial charge in [0.05, 0.1) is 29.8 Å². The highest BCUT2D eigenvalue weighted by molar-refractivity contribution is 7.86. The third kappa shape index (κ3) is 5.76. The van der Waals surface area contributed by atoms with Crippen LogP contribution in [-0.2, 0) is 23.8 Å². The Morgan fingerprint density at radius 1 is 1.14 bits per heavy atom. The van der Waals surface area contributed by atoms with Crippen LogP contribution in [0, 0.1) is 18.6 Å². The van der Waals surface area contributed by atoms with E-state index < -0.39 is 40.1 Å². The lowest BCUT2D eigenvalue weighted by Gasteiger charge is -2.33. The van der Waals surface area contributed by atoms with Gasteiger partial charge in [0.2, 0.25) is 5.91 Å². The summed E-state index contributed by atoms with van der Waals surface area (Å²) in [6.45, 7) is 3.68. The molecule has 2 aliphatic heterocycles. The van der Waals surface area contributed by atoms with Gasteiger partial charge in [0.25, 0.3) is 10.1 Å². The van der Waals surface area contributed by atoms with Crippen molar-refractivity contribution < 1.29 is 35.7 Å². The Bertz CT molecular complexity index is 1220. The van der Waals surface area contributed by atoms with Crippen LogP contribution in [0.3, 0.4) is 0 Å². The zero-order valence-corrected chi connectivity index (χ0v) is 20.7. The number of nitrogens with zero attached hydrogens (tertiary/aromatic N) is 2. The molecule has 0 aromatic heterocycles. The number of amides is 2. The first-order valence-electron chi connectivity index (χ1n) is 11.5. The van der Waals surface area contributed by atoms with Gasteiger partial charge in [-0.1, -0.05) is 17.7 Å². The number of ether oxygens (including phenoxy) is 1. The van der Waals surface area contributed by atoms with Crippen molar-refractivity contribution >= 4 is 33.5 Å². The van der Waals surface area contributed by atoms with Crippen molar-refractivity contribution in [2.45, 2.75) is 43.8 Å². The second kappa shape index (κ2) is 10.4. The van der Waals surface area contributed by atoms with Gasteiger partial charge in [-0.05, 0) is 31.9 Å². The Balaban J connectivity index is 1.39. The van der Waals surface area contributed by atoms with Crippen LogP contribution in [-0.4, -0.2) is 58.8 Å². The van der Waals surface area contributed by atoms with E-state index in [0.29, 0.717) is 0 Å². The minimum absolute atomic E-state index is 0.00601. The SMILES string of the molecule is CC(=O)NC[C@H]1CN(c2cc(F)c(N3CCC(OS(=O)(=O)c4ccc(C)cc4)CC3)c(F)c2)C(=O)O1. The topological polar surface area (TPSA) is 105 Å². The zero-order valence-electron chi connectivity index (χ0n) is 19.9. The van der Waals surface area contributed by atoms with Crippen LogP contribution in [0.2, 0.25) is 0 Å². The zero-order chi connectivity index (χ0) is 26.0. The maximum absolute atomic E-state index is 15.0. The minimum Gasteiger partial charge on any atom is -0.442 e. The largest absolute Gasteiger partial charge is 0.442 e. The van der Waals surface area contributed by atoms with E-state index in [1.807, 2.05) is 6.92 Å². The van der Waals surface area contributed by atoms with Gasteiger partial charge in [0.1, 0.15) is 11.8 Å². The number of carbonyl (C=O) groups excluding carboxylic acids is 2. The predicted octanol–water partition coefficient (Wildman–Crippen LogP) is 3.11. The molecule has 9 nitrogen and oxygen atoms in total. The summed E-state index contributed by atoms with van der Waals surface area (Å²) in [5.74, 6) is -1.99. The first-order chi connectivity index (χ1) is 17.0. The van der Waals surface area contributed by atoms with Crippen LogP contribution in [0.5, 0.6) is 0 Å². The Morgan fingerprint density at radius 2 is 1.75 bits per heavy atom. The fourth-order valence-electron chi connectivity index (χ4n) is 4.22. The van der Waals surface area contributed by atoms with Crippen molar-refractivity contribution in [3.05, 3.63) is 53.6 Å². The lowest BCUT2D eigenvalue weighted by molar-refractivity contribution is -0.119. The average molecular weight is 524 g/mol. The molecule has 2 saturated heterocycles. The van der Waals surface area contributed by atoms with Gasteiger partial charge in [-0.25, -0.2) is 13.6 Å². The molecule has 2 aromatic rings. The lowest BCUT2D eigenvalue weighted by Crippen LogP contribution is -2.39.